The van der Waals surface area contributed by atoms with E-state index >= 15 is 0 Å². The second-order valence-electron chi connectivity index (χ2n) is 6.77. The van der Waals surface area contributed by atoms with Crippen molar-refractivity contribution in [2.24, 2.45) is 10.5 Å². The minimum Gasteiger partial charge on any atom is -0.368 e. The van der Waals surface area contributed by atoms with Crippen molar-refractivity contribution in [2.45, 2.75) is 46.0 Å². The number of nitrogens with zero attached hydrogens (tertiary/aromatic N) is 2. The number of hydrazone groups is 1. The number of hydrogen-bond donors (Lipinski definition) is 1. The summed E-state index contributed by atoms with van der Waals surface area (Å²) >= 11 is 0. The molecule has 1 aliphatic rings. The Morgan fingerprint density at radius 2 is 1.74 bits per heavy atom. The average molecular weight is 328 g/mol. The highest BCUT2D eigenvalue weighted by Gasteiger charge is 2.57. The van der Waals surface area contributed by atoms with Gasteiger partial charge in [-0.3, -0.25) is 4.79 Å². The predicted molar refractivity (Wildman–Crippen MR) is 79.9 cm³/mol. The molecule has 1 heterocycles. The Balaban J connectivity index is 2.48. The lowest BCUT2D eigenvalue weighted by Gasteiger charge is -2.41. The molecule has 4 nitrogen and oxygen atoms in total. The molecule has 7 heteroatoms. The number of hydrogen-bond acceptors (Lipinski definition) is 3. The van der Waals surface area contributed by atoms with Crippen molar-refractivity contribution in [3.05, 3.63) is 35.4 Å². The highest BCUT2D eigenvalue weighted by Crippen LogP contribution is 2.44. The van der Waals surface area contributed by atoms with Crippen LogP contribution in [0.2, 0.25) is 0 Å². The van der Waals surface area contributed by atoms with E-state index < -0.39 is 35.4 Å². The van der Waals surface area contributed by atoms with Crippen molar-refractivity contribution in [3.63, 3.8) is 0 Å². The normalized spacial score (nSPS) is 22.3. The first kappa shape index (κ1) is 17.5. The Kier molecular flexibility index (Phi) is 4.05. The molecule has 0 fully saturated rings. The van der Waals surface area contributed by atoms with Crippen LogP contribution < -0.4 is 0 Å². The monoisotopic (exact) mass is 328 g/mol. The lowest BCUT2D eigenvalue weighted by Crippen LogP contribution is -2.55. The van der Waals surface area contributed by atoms with Gasteiger partial charge < -0.3 is 5.11 Å². The summed E-state index contributed by atoms with van der Waals surface area (Å²) in [5.74, 6) is -0.762. The summed E-state index contributed by atoms with van der Waals surface area (Å²) in [5, 5.41) is 14.8. The minimum absolute atomic E-state index is 0.172. The third-order valence-corrected chi connectivity index (χ3v) is 4.00. The standard InChI is InChI=1S/C16H19F3N2O2/c1-10-5-7-11(8-6-10)13(22)21-15(23,14(2,3)4)9-12(20-21)16(17,18)19/h5-8,23H,9H2,1-4H3. The lowest BCUT2D eigenvalue weighted by atomic mass is 9.80. The molecule has 0 saturated heterocycles. The largest absolute Gasteiger partial charge is 0.431 e. The highest BCUT2D eigenvalue weighted by atomic mass is 19.4. The molecule has 0 spiro atoms. The second-order valence-corrected chi connectivity index (χ2v) is 6.77. The van der Waals surface area contributed by atoms with E-state index in [4.69, 9.17) is 0 Å². The number of benzene rings is 1. The number of carbonyl (C=O) groups excluding carboxylic acids is 1. The molecule has 1 amide bonds. The summed E-state index contributed by atoms with van der Waals surface area (Å²) in [5.41, 5.74) is -3.13. The Morgan fingerprint density at radius 3 is 2.17 bits per heavy atom. The molecule has 1 aliphatic heterocycles. The summed E-state index contributed by atoms with van der Waals surface area (Å²) < 4.78 is 39.0. The molecule has 0 bridgehead atoms. The SMILES string of the molecule is Cc1ccc(C(=O)N2N=C(C(F)(F)F)CC2(O)C(C)(C)C)cc1. The quantitative estimate of drug-likeness (QED) is 0.858. The van der Waals surface area contributed by atoms with Gasteiger partial charge in [-0.05, 0) is 19.1 Å². The zero-order valence-corrected chi connectivity index (χ0v) is 13.4. The van der Waals surface area contributed by atoms with Crippen molar-refractivity contribution in [1.82, 2.24) is 5.01 Å². The van der Waals surface area contributed by atoms with E-state index in [9.17, 15) is 23.1 Å². The molecule has 1 unspecified atom stereocenters. The van der Waals surface area contributed by atoms with Crippen LogP contribution in [0, 0.1) is 12.3 Å². The van der Waals surface area contributed by atoms with Gasteiger partial charge in [0.25, 0.3) is 5.91 Å². The molecule has 1 atom stereocenters. The summed E-state index contributed by atoms with van der Waals surface area (Å²) in [6.07, 6.45) is -5.45. The lowest BCUT2D eigenvalue weighted by molar-refractivity contribution is -0.144. The molecule has 1 aromatic carbocycles. The van der Waals surface area contributed by atoms with Gasteiger partial charge in [-0.2, -0.15) is 23.3 Å². The maximum atomic E-state index is 13.0. The first-order chi connectivity index (χ1) is 10.4. The van der Waals surface area contributed by atoms with Crippen LogP contribution >= 0.6 is 0 Å². The fraction of sp³-hybridized carbons (Fsp3) is 0.500. The second kappa shape index (κ2) is 5.33. The van der Waals surface area contributed by atoms with Crippen LogP contribution in [0.4, 0.5) is 13.2 Å². The Bertz CT molecular complexity index is 645. The zero-order valence-electron chi connectivity index (χ0n) is 13.4. The van der Waals surface area contributed by atoms with Gasteiger partial charge in [0.2, 0.25) is 0 Å². The van der Waals surface area contributed by atoms with Crippen molar-refractivity contribution in [1.29, 1.82) is 0 Å². The summed E-state index contributed by atoms with van der Waals surface area (Å²) in [7, 11) is 0. The highest BCUT2D eigenvalue weighted by molar-refractivity contribution is 5.99. The average Bonchev–Trinajstić information content (AvgIpc) is 2.78. The van der Waals surface area contributed by atoms with E-state index in [1.165, 1.54) is 12.1 Å². The third kappa shape index (κ3) is 3.10. The van der Waals surface area contributed by atoms with Gasteiger partial charge in [0.1, 0.15) is 5.71 Å². The molecular formula is C16H19F3N2O2. The number of amides is 1. The maximum absolute atomic E-state index is 13.0. The van der Waals surface area contributed by atoms with Gasteiger partial charge in [0.05, 0.1) is 0 Å². The zero-order chi connectivity index (χ0) is 17.6. The number of halogens is 3. The van der Waals surface area contributed by atoms with Crippen LogP contribution in [0.25, 0.3) is 0 Å². The first-order valence-corrected chi connectivity index (χ1v) is 7.14. The van der Waals surface area contributed by atoms with Gasteiger partial charge in [-0.15, -0.1) is 0 Å². The van der Waals surface area contributed by atoms with Crippen LogP contribution in [0.1, 0.15) is 43.1 Å². The smallest absolute Gasteiger partial charge is 0.368 e. The molecule has 1 aromatic rings. The van der Waals surface area contributed by atoms with E-state index in [1.807, 2.05) is 6.92 Å². The summed E-state index contributed by atoms with van der Waals surface area (Å²) in [4.78, 5) is 12.6. The Morgan fingerprint density at radius 1 is 1.22 bits per heavy atom. The summed E-state index contributed by atoms with van der Waals surface area (Å²) in [6.45, 7) is 6.53. The van der Waals surface area contributed by atoms with Gasteiger partial charge in [0, 0.05) is 17.4 Å². The van der Waals surface area contributed by atoms with Gasteiger partial charge in [-0.25, -0.2) is 0 Å². The predicted octanol–water partition coefficient (Wildman–Crippen LogP) is 3.49. The van der Waals surface area contributed by atoms with Crippen LogP contribution in [-0.4, -0.2) is 33.6 Å². The van der Waals surface area contributed by atoms with Crippen molar-refractivity contribution in [3.8, 4) is 0 Å². The number of aliphatic hydroxyl groups is 1. The van der Waals surface area contributed by atoms with Crippen molar-refractivity contribution in [2.75, 3.05) is 0 Å². The fourth-order valence-corrected chi connectivity index (χ4v) is 2.32. The molecule has 0 aliphatic carbocycles. The topological polar surface area (TPSA) is 52.9 Å². The van der Waals surface area contributed by atoms with Gasteiger partial charge >= 0.3 is 6.18 Å². The van der Waals surface area contributed by atoms with E-state index in [0.29, 0.717) is 5.01 Å². The van der Waals surface area contributed by atoms with Gasteiger partial charge in [0.15, 0.2) is 5.72 Å². The van der Waals surface area contributed by atoms with Crippen LogP contribution in [-0.2, 0) is 0 Å². The number of alkyl halides is 3. The molecular weight excluding hydrogens is 309 g/mol. The molecule has 126 valence electrons. The Labute approximate surface area is 132 Å². The fourth-order valence-electron chi connectivity index (χ4n) is 2.32. The summed E-state index contributed by atoms with van der Waals surface area (Å²) in [6, 6.07) is 6.35. The van der Waals surface area contributed by atoms with Crippen LogP contribution in [0.3, 0.4) is 0 Å². The minimum atomic E-state index is -4.69. The van der Waals surface area contributed by atoms with Gasteiger partial charge in [-0.1, -0.05) is 38.5 Å². The van der Waals surface area contributed by atoms with E-state index in [0.717, 1.165) is 5.56 Å². The number of rotatable bonds is 1. The first-order valence-electron chi connectivity index (χ1n) is 7.14. The number of aryl methyl sites for hydroxylation is 1. The molecule has 2 rings (SSSR count). The van der Waals surface area contributed by atoms with Crippen molar-refractivity contribution < 1.29 is 23.1 Å². The third-order valence-electron chi connectivity index (χ3n) is 4.00. The van der Waals surface area contributed by atoms with E-state index in [2.05, 4.69) is 5.10 Å². The van der Waals surface area contributed by atoms with E-state index in [-0.39, 0.29) is 5.56 Å². The maximum Gasteiger partial charge on any atom is 0.431 e. The molecule has 0 saturated carbocycles. The molecule has 1 N–H and O–H groups in total. The van der Waals surface area contributed by atoms with Crippen molar-refractivity contribution >= 4 is 11.6 Å². The molecule has 23 heavy (non-hydrogen) atoms. The van der Waals surface area contributed by atoms with Crippen LogP contribution in [0.5, 0.6) is 0 Å². The van der Waals surface area contributed by atoms with E-state index in [1.54, 1.807) is 32.9 Å². The molecule has 0 aromatic heterocycles. The van der Waals surface area contributed by atoms with Crippen LogP contribution in [0.15, 0.2) is 29.4 Å². The number of carbonyl (C=O) groups is 1. The molecule has 0 radical (unpaired) electrons. The Hall–Kier alpha value is -1.89.